The Morgan fingerprint density at radius 2 is 2.18 bits per heavy atom. The molecule has 1 aliphatic heterocycles. The van der Waals surface area contributed by atoms with E-state index in [0.29, 0.717) is 6.04 Å². The van der Waals surface area contributed by atoms with Crippen molar-refractivity contribution in [3.63, 3.8) is 0 Å². The summed E-state index contributed by atoms with van der Waals surface area (Å²) in [6, 6.07) is 4.76. The van der Waals surface area contributed by atoms with Crippen molar-refractivity contribution in [3.8, 4) is 0 Å². The molecule has 0 bridgehead atoms. The molecular weight excluding hydrogens is 212 g/mol. The molecule has 1 aromatic heterocycles. The van der Waals surface area contributed by atoms with Gasteiger partial charge in [0, 0.05) is 31.7 Å². The van der Waals surface area contributed by atoms with Crippen LogP contribution in [-0.2, 0) is 0 Å². The highest BCUT2D eigenvalue weighted by Crippen LogP contribution is 2.18. The predicted octanol–water partition coefficient (Wildman–Crippen LogP) is 1.24. The first kappa shape index (κ1) is 12.3. The Morgan fingerprint density at radius 1 is 1.41 bits per heavy atom. The molecular formula is C13H22N4. The Morgan fingerprint density at radius 3 is 2.71 bits per heavy atom. The van der Waals surface area contributed by atoms with Crippen LogP contribution in [0.25, 0.3) is 0 Å². The van der Waals surface area contributed by atoms with Gasteiger partial charge < -0.3 is 15.5 Å². The smallest absolute Gasteiger partial charge is 0.0569 e. The highest BCUT2D eigenvalue weighted by molar-refractivity contribution is 5.45. The molecule has 0 amide bonds. The molecule has 1 aliphatic rings. The van der Waals surface area contributed by atoms with Crippen molar-refractivity contribution in [1.82, 2.24) is 9.88 Å². The van der Waals surface area contributed by atoms with E-state index < -0.39 is 0 Å². The zero-order chi connectivity index (χ0) is 12.4. The maximum Gasteiger partial charge on any atom is 0.0569 e. The lowest BCUT2D eigenvalue weighted by Gasteiger charge is -2.38. The minimum Gasteiger partial charge on any atom is -0.367 e. The van der Waals surface area contributed by atoms with Crippen LogP contribution >= 0.6 is 0 Å². The fourth-order valence-corrected chi connectivity index (χ4v) is 2.14. The van der Waals surface area contributed by atoms with Crippen LogP contribution in [0.1, 0.15) is 25.6 Å². The molecule has 2 unspecified atom stereocenters. The van der Waals surface area contributed by atoms with Gasteiger partial charge in [-0.2, -0.15) is 0 Å². The summed E-state index contributed by atoms with van der Waals surface area (Å²) in [5, 5.41) is 0. The molecule has 0 spiro atoms. The van der Waals surface area contributed by atoms with Crippen molar-refractivity contribution in [1.29, 1.82) is 0 Å². The van der Waals surface area contributed by atoms with E-state index in [2.05, 4.69) is 34.8 Å². The normalized spacial score (nSPS) is 23.8. The second-order valence-corrected chi connectivity index (χ2v) is 5.01. The van der Waals surface area contributed by atoms with Crippen LogP contribution in [0.15, 0.2) is 18.3 Å². The number of hydrogen-bond donors (Lipinski definition) is 1. The van der Waals surface area contributed by atoms with Crippen LogP contribution in [0, 0.1) is 0 Å². The number of nitrogens with two attached hydrogens (primary N) is 1. The first-order valence-electron chi connectivity index (χ1n) is 6.24. The van der Waals surface area contributed by atoms with Gasteiger partial charge >= 0.3 is 0 Å². The van der Waals surface area contributed by atoms with Crippen LogP contribution in [0.4, 0.5) is 5.69 Å². The predicted molar refractivity (Wildman–Crippen MR) is 71.1 cm³/mol. The average Bonchev–Trinajstić information content (AvgIpc) is 2.33. The Labute approximate surface area is 103 Å². The third-order valence-electron chi connectivity index (χ3n) is 3.56. The first-order valence-corrected chi connectivity index (χ1v) is 6.24. The highest BCUT2D eigenvalue weighted by atomic mass is 15.3. The second-order valence-electron chi connectivity index (χ2n) is 5.01. The highest BCUT2D eigenvalue weighted by Gasteiger charge is 2.20. The number of pyridine rings is 1. The minimum absolute atomic E-state index is 0.00969. The molecule has 4 nitrogen and oxygen atoms in total. The summed E-state index contributed by atoms with van der Waals surface area (Å²) in [5.41, 5.74) is 7.96. The van der Waals surface area contributed by atoms with E-state index in [1.165, 1.54) is 5.69 Å². The Balaban J connectivity index is 2.07. The summed E-state index contributed by atoms with van der Waals surface area (Å²) in [7, 11) is 2.18. The third kappa shape index (κ3) is 2.76. The van der Waals surface area contributed by atoms with Gasteiger partial charge in [-0.1, -0.05) is 0 Å². The number of hydrogen-bond acceptors (Lipinski definition) is 4. The van der Waals surface area contributed by atoms with Gasteiger partial charge in [0.25, 0.3) is 0 Å². The molecule has 0 radical (unpaired) electrons. The summed E-state index contributed by atoms with van der Waals surface area (Å²) in [5.74, 6) is 0. The molecule has 2 rings (SSSR count). The quantitative estimate of drug-likeness (QED) is 0.836. The van der Waals surface area contributed by atoms with Crippen molar-refractivity contribution >= 4 is 5.69 Å². The summed E-state index contributed by atoms with van der Waals surface area (Å²) in [6.45, 7) is 7.46. The van der Waals surface area contributed by atoms with Gasteiger partial charge in [-0.05, 0) is 33.0 Å². The molecule has 1 saturated heterocycles. The fourth-order valence-electron chi connectivity index (χ4n) is 2.14. The van der Waals surface area contributed by atoms with Crippen LogP contribution in [-0.4, -0.2) is 42.6 Å². The minimum atomic E-state index is 0.00969. The fraction of sp³-hybridized carbons (Fsp3) is 0.615. The van der Waals surface area contributed by atoms with Crippen molar-refractivity contribution in [2.45, 2.75) is 25.9 Å². The SMILES string of the molecule is CC(N)c1ccc(N2CCN(C)C(C)C2)cn1. The van der Waals surface area contributed by atoms with Gasteiger partial charge in [0.1, 0.15) is 0 Å². The number of rotatable bonds is 2. The van der Waals surface area contributed by atoms with Gasteiger partial charge in [-0.3, -0.25) is 4.98 Å². The molecule has 1 fully saturated rings. The topological polar surface area (TPSA) is 45.4 Å². The molecule has 1 aromatic rings. The summed E-state index contributed by atoms with van der Waals surface area (Å²) >= 11 is 0. The van der Waals surface area contributed by atoms with Crippen LogP contribution < -0.4 is 10.6 Å². The van der Waals surface area contributed by atoms with E-state index in [1.54, 1.807) is 0 Å². The summed E-state index contributed by atoms with van der Waals surface area (Å²) in [6.07, 6.45) is 1.94. The standard InChI is InChI=1S/C13H22N4/c1-10-9-17(7-6-16(10)3)12-4-5-13(11(2)14)15-8-12/h4-5,8,10-11H,6-7,9,14H2,1-3H3. The number of nitrogens with zero attached hydrogens (tertiary/aromatic N) is 3. The molecule has 0 saturated carbocycles. The molecule has 2 heterocycles. The summed E-state index contributed by atoms with van der Waals surface area (Å²) < 4.78 is 0. The second kappa shape index (κ2) is 5.02. The number of anilines is 1. The molecule has 0 aliphatic carbocycles. The average molecular weight is 234 g/mol. The van der Waals surface area contributed by atoms with Crippen LogP contribution in [0.5, 0.6) is 0 Å². The van der Waals surface area contributed by atoms with Gasteiger partial charge in [0.15, 0.2) is 0 Å². The van der Waals surface area contributed by atoms with Gasteiger partial charge in [-0.15, -0.1) is 0 Å². The van der Waals surface area contributed by atoms with Crippen molar-refractivity contribution < 1.29 is 0 Å². The molecule has 2 atom stereocenters. The van der Waals surface area contributed by atoms with E-state index in [4.69, 9.17) is 5.73 Å². The molecule has 0 aromatic carbocycles. The molecule has 17 heavy (non-hydrogen) atoms. The largest absolute Gasteiger partial charge is 0.367 e. The molecule has 4 heteroatoms. The van der Waals surface area contributed by atoms with Crippen LogP contribution in [0.3, 0.4) is 0 Å². The lowest BCUT2D eigenvalue weighted by molar-refractivity contribution is 0.234. The monoisotopic (exact) mass is 234 g/mol. The number of likely N-dealkylation sites (N-methyl/N-ethyl adjacent to an activating group) is 1. The van der Waals surface area contributed by atoms with Gasteiger partial charge in [-0.25, -0.2) is 0 Å². The van der Waals surface area contributed by atoms with Gasteiger partial charge in [0.05, 0.1) is 17.6 Å². The van der Waals surface area contributed by atoms with E-state index in [0.717, 1.165) is 25.3 Å². The zero-order valence-electron chi connectivity index (χ0n) is 10.9. The Hall–Kier alpha value is -1.13. The number of aromatic nitrogens is 1. The maximum atomic E-state index is 5.80. The van der Waals surface area contributed by atoms with E-state index in [-0.39, 0.29) is 6.04 Å². The van der Waals surface area contributed by atoms with Crippen molar-refractivity contribution in [3.05, 3.63) is 24.0 Å². The maximum absolute atomic E-state index is 5.80. The van der Waals surface area contributed by atoms with Gasteiger partial charge in [0.2, 0.25) is 0 Å². The summed E-state index contributed by atoms with van der Waals surface area (Å²) in [4.78, 5) is 9.20. The lowest BCUT2D eigenvalue weighted by Crippen LogP contribution is -2.50. The number of piperazine rings is 1. The zero-order valence-corrected chi connectivity index (χ0v) is 10.9. The molecule has 2 N–H and O–H groups in total. The Kier molecular flexibility index (Phi) is 3.64. The van der Waals surface area contributed by atoms with Crippen molar-refractivity contribution in [2.75, 3.05) is 31.6 Å². The van der Waals surface area contributed by atoms with E-state index in [9.17, 15) is 0 Å². The van der Waals surface area contributed by atoms with Crippen molar-refractivity contribution in [2.24, 2.45) is 5.73 Å². The third-order valence-corrected chi connectivity index (χ3v) is 3.56. The Bertz CT molecular complexity index is 360. The lowest BCUT2D eigenvalue weighted by atomic mass is 10.1. The van der Waals surface area contributed by atoms with Crippen LogP contribution in [0.2, 0.25) is 0 Å². The molecule has 94 valence electrons. The first-order chi connectivity index (χ1) is 8.08. The van der Waals surface area contributed by atoms with E-state index in [1.807, 2.05) is 19.2 Å². The van der Waals surface area contributed by atoms with E-state index >= 15 is 0 Å².